The van der Waals surface area contributed by atoms with Gasteiger partial charge in [0.25, 0.3) is 11.8 Å². The number of nitrogens with zero attached hydrogens (tertiary/aromatic N) is 2. The van der Waals surface area contributed by atoms with Crippen LogP contribution in [0.1, 0.15) is 27.8 Å². The zero-order valence-electron chi connectivity index (χ0n) is 12.0. The summed E-state index contributed by atoms with van der Waals surface area (Å²) in [6.07, 6.45) is 1.58. The number of amides is 2. The maximum Gasteiger partial charge on any atom is 0.273 e. The highest BCUT2D eigenvalue weighted by atomic mass is 35.5. The summed E-state index contributed by atoms with van der Waals surface area (Å²) in [5.74, 6) is -0.854. The van der Waals surface area contributed by atoms with Crippen molar-refractivity contribution in [1.82, 2.24) is 15.1 Å². The van der Waals surface area contributed by atoms with Gasteiger partial charge < -0.3 is 10.6 Å². The van der Waals surface area contributed by atoms with E-state index in [0.717, 1.165) is 0 Å². The van der Waals surface area contributed by atoms with Gasteiger partial charge in [-0.15, -0.1) is 0 Å². The van der Waals surface area contributed by atoms with E-state index in [2.05, 4.69) is 15.7 Å². The Hall–Kier alpha value is -2.05. The SMILES string of the molecule is CCn1cc(NC(=O)c2cccc(Cl)c2Cl)c(C(=O)NC)n1. The highest BCUT2D eigenvalue weighted by molar-refractivity contribution is 6.44. The molecule has 0 aliphatic rings. The van der Waals surface area contributed by atoms with Gasteiger partial charge in [-0.1, -0.05) is 29.3 Å². The van der Waals surface area contributed by atoms with Crippen molar-refractivity contribution in [3.63, 3.8) is 0 Å². The van der Waals surface area contributed by atoms with E-state index in [1.165, 1.54) is 7.05 Å². The van der Waals surface area contributed by atoms with Crippen LogP contribution in [-0.4, -0.2) is 28.6 Å². The second-order valence-corrected chi connectivity index (χ2v) is 5.17. The van der Waals surface area contributed by atoms with E-state index in [1.807, 2.05) is 6.92 Å². The number of aryl methyl sites for hydroxylation is 1. The lowest BCUT2D eigenvalue weighted by Gasteiger charge is -2.07. The molecule has 6 nitrogen and oxygen atoms in total. The summed E-state index contributed by atoms with van der Waals surface area (Å²) in [5.41, 5.74) is 0.666. The van der Waals surface area contributed by atoms with Crippen LogP contribution in [0.25, 0.3) is 0 Å². The Bertz CT molecular complexity index is 728. The molecule has 22 heavy (non-hydrogen) atoms. The van der Waals surface area contributed by atoms with Gasteiger partial charge in [0.15, 0.2) is 5.69 Å². The lowest BCUT2D eigenvalue weighted by Crippen LogP contribution is -2.21. The molecule has 0 fully saturated rings. The third-order valence-corrected chi connectivity index (χ3v) is 3.79. The van der Waals surface area contributed by atoms with Gasteiger partial charge in [0.05, 0.1) is 21.3 Å². The minimum Gasteiger partial charge on any atom is -0.354 e. The van der Waals surface area contributed by atoms with Gasteiger partial charge in [-0.2, -0.15) is 5.10 Å². The molecule has 116 valence electrons. The molecule has 2 amide bonds. The standard InChI is InChI=1S/C14H14Cl2N4O2/c1-3-20-7-10(12(19-20)14(22)17-2)18-13(21)8-5-4-6-9(15)11(8)16/h4-7H,3H2,1-2H3,(H,17,22)(H,18,21). The van der Waals surface area contributed by atoms with E-state index in [0.29, 0.717) is 12.2 Å². The minimum atomic E-state index is -0.465. The van der Waals surface area contributed by atoms with Crippen LogP contribution in [0.2, 0.25) is 10.0 Å². The fourth-order valence-electron chi connectivity index (χ4n) is 1.83. The summed E-state index contributed by atoms with van der Waals surface area (Å²) in [6.45, 7) is 2.44. The third kappa shape index (κ3) is 3.23. The molecule has 1 aromatic heterocycles. The molecule has 1 aromatic carbocycles. The summed E-state index contributed by atoms with van der Waals surface area (Å²) < 4.78 is 1.56. The number of carbonyl (C=O) groups excluding carboxylic acids is 2. The van der Waals surface area contributed by atoms with Gasteiger partial charge in [-0.3, -0.25) is 14.3 Å². The van der Waals surface area contributed by atoms with Crippen LogP contribution in [0, 0.1) is 0 Å². The Morgan fingerprint density at radius 2 is 2.00 bits per heavy atom. The van der Waals surface area contributed by atoms with Crippen LogP contribution in [-0.2, 0) is 6.54 Å². The monoisotopic (exact) mass is 340 g/mol. The maximum atomic E-state index is 12.3. The summed E-state index contributed by atoms with van der Waals surface area (Å²) in [7, 11) is 1.49. The van der Waals surface area contributed by atoms with Gasteiger partial charge in [-0.25, -0.2) is 0 Å². The molecule has 0 aliphatic heterocycles. The van der Waals surface area contributed by atoms with Crippen LogP contribution >= 0.6 is 23.2 Å². The van der Waals surface area contributed by atoms with Crippen molar-refractivity contribution in [2.24, 2.45) is 0 Å². The average Bonchev–Trinajstić information content (AvgIpc) is 2.92. The van der Waals surface area contributed by atoms with Gasteiger partial charge in [0.1, 0.15) is 0 Å². The number of halogens is 2. The molecule has 0 spiro atoms. The zero-order chi connectivity index (χ0) is 16.3. The quantitative estimate of drug-likeness (QED) is 0.898. The first-order valence-corrected chi connectivity index (χ1v) is 7.28. The highest BCUT2D eigenvalue weighted by Gasteiger charge is 2.19. The van der Waals surface area contributed by atoms with Crippen molar-refractivity contribution in [2.75, 3.05) is 12.4 Å². The summed E-state index contributed by atoms with van der Waals surface area (Å²) in [5, 5.41) is 9.68. The van der Waals surface area contributed by atoms with E-state index in [4.69, 9.17) is 23.2 Å². The van der Waals surface area contributed by atoms with Crippen molar-refractivity contribution in [2.45, 2.75) is 13.5 Å². The van der Waals surface area contributed by atoms with Crippen LogP contribution in [0.5, 0.6) is 0 Å². The molecule has 0 atom stereocenters. The molecule has 1 heterocycles. The molecule has 0 radical (unpaired) electrons. The molecule has 0 bridgehead atoms. The number of aromatic nitrogens is 2. The Morgan fingerprint density at radius 1 is 1.27 bits per heavy atom. The zero-order valence-corrected chi connectivity index (χ0v) is 13.5. The van der Waals surface area contributed by atoms with E-state index in [-0.39, 0.29) is 27.2 Å². The van der Waals surface area contributed by atoms with E-state index >= 15 is 0 Å². The van der Waals surface area contributed by atoms with Crippen molar-refractivity contribution >= 4 is 40.7 Å². The van der Waals surface area contributed by atoms with Gasteiger partial charge >= 0.3 is 0 Å². The number of benzene rings is 1. The van der Waals surface area contributed by atoms with Crippen LogP contribution in [0.4, 0.5) is 5.69 Å². The van der Waals surface area contributed by atoms with Gasteiger partial charge in [0.2, 0.25) is 0 Å². The van der Waals surface area contributed by atoms with Crippen molar-refractivity contribution in [3.8, 4) is 0 Å². The smallest absolute Gasteiger partial charge is 0.273 e. The van der Waals surface area contributed by atoms with Gasteiger partial charge in [-0.05, 0) is 19.1 Å². The second-order valence-electron chi connectivity index (χ2n) is 4.38. The Morgan fingerprint density at radius 3 is 2.64 bits per heavy atom. The topological polar surface area (TPSA) is 76.0 Å². The second kappa shape index (κ2) is 6.81. The molecule has 2 N–H and O–H groups in total. The normalized spacial score (nSPS) is 10.4. The maximum absolute atomic E-state index is 12.3. The predicted molar refractivity (Wildman–Crippen MR) is 85.7 cm³/mol. The van der Waals surface area contributed by atoms with Crippen molar-refractivity contribution < 1.29 is 9.59 Å². The van der Waals surface area contributed by atoms with E-state index < -0.39 is 5.91 Å². The molecular weight excluding hydrogens is 327 g/mol. The lowest BCUT2D eigenvalue weighted by molar-refractivity contribution is 0.0958. The van der Waals surface area contributed by atoms with Crippen molar-refractivity contribution in [3.05, 3.63) is 45.7 Å². The van der Waals surface area contributed by atoms with Crippen LogP contribution in [0.3, 0.4) is 0 Å². The summed E-state index contributed by atoms with van der Waals surface area (Å²) in [6, 6.07) is 4.76. The van der Waals surface area contributed by atoms with Crippen molar-refractivity contribution in [1.29, 1.82) is 0 Å². The van der Waals surface area contributed by atoms with Crippen LogP contribution in [0.15, 0.2) is 24.4 Å². The number of hydrogen-bond acceptors (Lipinski definition) is 3. The number of rotatable bonds is 4. The molecule has 2 aromatic rings. The molecule has 0 saturated heterocycles. The number of anilines is 1. The highest BCUT2D eigenvalue weighted by Crippen LogP contribution is 2.26. The van der Waals surface area contributed by atoms with Gasteiger partial charge in [0, 0.05) is 19.8 Å². The molecule has 8 heteroatoms. The Kier molecular flexibility index (Phi) is 5.05. The van der Waals surface area contributed by atoms with Crippen LogP contribution < -0.4 is 10.6 Å². The summed E-state index contributed by atoms with van der Waals surface area (Å²) >= 11 is 11.9. The Balaban J connectivity index is 2.34. The first-order valence-electron chi connectivity index (χ1n) is 6.52. The Labute approximate surface area is 137 Å². The number of carbonyl (C=O) groups is 2. The largest absolute Gasteiger partial charge is 0.354 e. The first-order chi connectivity index (χ1) is 10.5. The third-order valence-electron chi connectivity index (χ3n) is 2.97. The molecule has 0 saturated carbocycles. The van der Waals surface area contributed by atoms with E-state index in [9.17, 15) is 9.59 Å². The predicted octanol–water partition coefficient (Wildman–Crippen LogP) is 2.82. The fourth-order valence-corrected chi connectivity index (χ4v) is 2.22. The molecule has 0 aliphatic carbocycles. The number of hydrogen-bond donors (Lipinski definition) is 2. The van der Waals surface area contributed by atoms with E-state index in [1.54, 1.807) is 29.1 Å². The minimum absolute atomic E-state index is 0.135. The molecule has 2 rings (SSSR count). The molecule has 0 unspecified atom stereocenters. The average molecular weight is 341 g/mol. The lowest BCUT2D eigenvalue weighted by atomic mass is 10.2. The fraction of sp³-hybridized carbons (Fsp3) is 0.214. The molecular formula is C14H14Cl2N4O2. The number of nitrogens with one attached hydrogen (secondary N) is 2. The first kappa shape index (κ1) is 16.3. The summed E-state index contributed by atoms with van der Waals surface area (Å²) in [4.78, 5) is 24.1.